The summed E-state index contributed by atoms with van der Waals surface area (Å²) < 4.78 is 29.8. The van der Waals surface area contributed by atoms with Crippen LogP contribution >= 0.6 is 23.4 Å². The Morgan fingerprint density at radius 3 is 2.43 bits per heavy atom. The van der Waals surface area contributed by atoms with Gasteiger partial charge in [0.25, 0.3) is 17.6 Å². The molecule has 0 radical (unpaired) electrons. The van der Waals surface area contributed by atoms with Gasteiger partial charge in [0.15, 0.2) is 6.61 Å². The van der Waals surface area contributed by atoms with Gasteiger partial charge in [-0.05, 0) is 36.4 Å². The lowest BCUT2D eigenvalue weighted by molar-refractivity contribution is -0.146. The summed E-state index contributed by atoms with van der Waals surface area (Å²) in [6.45, 7) is -1.06. The molecule has 28 heavy (non-hydrogen) atoms. The first-order chi connectivity index (χ1) is 13.3. The Bertz CT molecular complexity index is 850. The van der Waals surface area contributed by atoms with Crippen LogP contribution in [0.2, 0.25) is 5.02 Å². The summed E-state index contributed by atoms with van der Waals surface area (Å²) in [4.78, 5) is 35.6. The van der Waals surface area contributed by atoms with Gasteiger partial charge in [0, 0.05) is 15.5 Å². The standard InChI is InChI=1S/C18H15ClF2N2O4S/c19-12-7-5-11(6-8-12)17(26)22-9-16(25)27-10-15(24)23-13-3-1-2-4-14(13)28-18(20)21/h1-8,18H,9-10H2,(H,22,26)(H,23,24). The average molecular weight is 429 g/mol. The fourth-order valence-electron chi connectivity index (χ4n) is 2.01. The quantitative estimate of drug-likeness (QED) is 0.496. The third-order valence-corrected chi connectivity index (χ3v) is 4.28. The third-order valence-electron chi connectivity index (χ3n) is 3.24. The molecule has 2 N–H and O–H groups in total. The fourth-order valence-corrected chi connectivity index (χ4v) is 2.73. The van der Waals surface area contributed by atoms with Crippen LogP contribution < -0.4 is 10.6 Å². The number of carbonyl (C=O) groups is 3. The number of benzene rings is 2. The van der Waals surface area contributed by atoms with Crippen molar-refractivity contribution in [2.75, 3.05) is 18.5 Å². The smallest absolute Gasteiger partial charge is 0.325 e. The molecule has 0 aliphatic heterocycles. The first kappa shape index (κ1) is 21.6. The molecule has 2 aromatic carbocycles. The van der Waals surface area contributed by atoms with Crippen LogP contribution in [-0.4, -0.2) is 36.7 Å². The summed E-state index contributed by atoms with van der Waals surface area (Å²) in [5, 5.41) is 5.21. The molecule has 0 saturated heterocycles. The Labute approximate surface area is 168 Å². The molecule has 10 heteroatoms. The van der Waals surface area contributed by atoms with Crippen LogP contribution in [0.25, 0.3) is 0 Å². The lowest BCUT2D eigenvalue weighted by Crippen LogP contribution is -2.32. The lowest BCUT2D eigenvalue weighted by Gasteiger charge is -2.11. The molecule has 2 aromatic rings. The van der Waals surface area contributed by atoms with Gasteiger partial charge in [-0.1, -0.05) is 35.5 Å². The van der Waals surface area contributed by atoms with Crippen molar-refractivity contribution >= 4 is 46.8 Å². The van der Waals surface area contributed by atoms with Crippen molar-refractivity contribution in [2.24, 2.45) is 0 Å². The molecule has 148 valence electrons. The summed E-state index contributed by atoms with van der Waals surface area (Å²) in [6.07, 6.45) is 0. The van der Waals surface area contributed by atoms with Crippen LogP contribution in [-0.2, 0) is 14.3 Å². The van der Waals surface area contributed by atoms with Gasteiger partial charge in [-0.3, -0.25) is 14.4 Å². The van der Waals surface area contributed by atoms with Gasteiger partial charge in [-0.15, -0.1) is 0 Å². The highest BCUT2D eigenvalue weighted by molar-refractivity contribution is 7.99. The minimum absolute atomic E-state index is 0.185. The van der Waals surface area contributed by atoms with Crippen LogP contribution in [0.5, 0.6) is 0 Å². The minimum atomic E-state index is -2.64. The van der Waals surface area contributed by atoms with Crippen LogP contribution in [0.1, 0.15) is 10.4 Å². The van der Waals surface area contributed by atoms with E-state index in [1.54, 1.807) is 12.1 Å². The average Bonchev–Trinajstić information content (AvgIpc) is 2.66. The van der Waals surface area contributed by atoms with Gasteiger partial charge >= 0.3 is 5.97 Å². The maximum atomic E-state index is 12.5. The van der Waals surface area contributed by atoms with Crippen molar-refractivity contribution in [2.45, 2.75) is 10.7 Å². The molecule has 0 unspecified atom stereocenters. The second-order valence-electron chi connectivity index (χ2n) is 5.27. The Balaban J connectivity index is 1.77. The first-order valence-electron chi connectivity index (χ1n) is 7.88. The number of esters is 1. The van der Waals surface area contributed by atoms with Crippen LogP contribution in [0, 0.1) is 0 Å². The van der Waals surface area contributed by atoms with E-state index in [0.29, 0.717) is 10.6 Å². The number of amides is 2. The maximum Gasteiger partial charge on any atom is 0.325 e. The number of hydrogen-bond acceptors (Lipinski definition) is 5. The van der Waals surface area contributed by atoms with Gasteiger partial charge in [0.05, 0.1) is 5.69 Å². The lowest BCUT2D eigenvalue weighted by atomic mass is 10.2. The highest BCUT2D eigenvalue weighted by atomic mass is 35.5. The molecule has 0 aliphatic rings. The molecule has 6 nitrogen and oxygen atoms in total. The predicted octanol–water partition coefficient (Wildman–Crippen LogP) is 3.57. The molecule has 2 amide bonds. The van der Waals surface area contributed by atoms with E-state index in [-0.39, 0.29) is 22.3 Å². The van der Waals surface area contributed by atoms with E-state index in [9.17, 15) is 23.2 Å². The normalized spacial score (nSPS) is 10.4. The molecular weight excluding hydrogens is 414 g/mol. The number of anilines is 1. The van der Waals surface area contributed by atoms with E-state index in [2.05, 4.69) is 10.6 Å². The summed E-state index contributed by atoms with van der Waals surface area (Å²) in [5.74, 6) is -4.66. The second kappa shape index (κ2) is 10.6. The zero-order chi connectivity index (χ0) is 20.5. The molecule has 0 bridgehead atoms. The van der Waals surface area contributed by atoms with Crippen molar-refractivity contribution in [3.05, 3.63) is 59.1 Å². The number of alkyl halides is 2. The molecule has 0 fully saturated rings. The number of carbonyl (C=O) groups excluding carboxylic acids is 3. The van der Waals surface area contributed by atoms with Crippen LogP contribution in [0.3, 0.4) is 0 Å². The monoisotopic (exact) mass is 428 g/mol. The number of halogens is 3. The molecule has 0 atom stereocenters. The Morgan fingerprint density at radius 2 is 1.75 bits per heavy atom. The van der Waals surface area contributed by atoms with E-state index in [0.717, 1.165) is 0 Å². The first-order valence-corrected chi connectivity index (χ1v) is 9.14. The molecule has 0 aliphatic carbocycles. The van der Waals surface area contributed by atoms with Gasteiger partial charge in [-0.25, -0.2) is 0 Å². The van der Waals surface area contributed by atoms with Crippen LogP contribution in [0.15, 0.2) is 53.4 Å². The Morgan fingerprint density at radius 1 is 1.07 bits per heavy atom. The van der Waals surface area contributed by atoms with E-state index in [4.69, 9.17) is 16.3 Å². The van der Waals surface area contributed by atoms with E-state index < -0.39 is 36.7 Å². The highest BCUT2D eigenvalue weighted by Crippen LogP contribution is 2.31. The number of thioether (sulfide) groups is 1. The number of nitrogens with one attached hydrogen (secondary N) is 2. The summed E-state index contributed by atoms with van der Waals surface area (Å²) in [7, 11) is 0. The zero-order valence-corrected chi connectivity index (χ0v) is 15.9. The minimum Gasteiger partial charge on any atom is -0.454 e. The third kappa shape index (κ3) is 7.16. The van der Waals surface area contributed by atoms with Crippen molar-refractivity contribution in [3.8, 4) is 0 Å². The van der Waals surface area contributed by atoms with Gasteiger partial charge in [0.2, 0.25) is 0 Å². The molecule has 0 spiro atoms. The predicted molar refractivity (Wildman–Crippen MR) is 102 cm³/mol. The van der Waals surface area contributed by atoms with Crippen molar-refractivity contribution in [1.29, 1.82) is 0 Å². The van der Waals surface area contributed by atoms with Gasteiger partial charge < -0.3 is 15.4 Å². The molecule has 0 heterocycles. The largest absolute Gasteiger partial charge is 0.454 e. The Hall–Kier alpha value is -2.65. The molecule has 2 rings (SSSR count). The van der Waals surface area contributed by atoms with Crippen LogP contribution in [0.4, 0.5) is 14.5 Å². The van der Waals surface area contributed by atoms with Gasteiger partial charge in [-0.2, -0.15) is 8.78 Å². The SMILES string of the molecule is O=C(COC(=O)CNC(=O)c1ccc(Cl)cc1)Nc1ccccc1SC(F)F. The number of para-hydroxylation sites is 1. The maximum absolute atomic E-state index is 12.5. The van der Waals surface area contributed by atoms with Crippen molar-refractivity contribution < 1.29 is 27.9 Å². The van der Waals surface area contributed by atoms with E-state index >= 15 is 0 Å². The number of rotatable bonds is 8. The zero-order valence-electron chi connectivity index (χ0n) is 14.3. The second-order valence-corrected chi connectivity index (χ2v) is 6.74. The topological polar surface area (TPSA) is 84.5 Å². The number of hydrogen-bond donors (Lipinski definition) is 2. The molecular formula is C18H15ClF2N2O4S. The fraction of sp³-hybridized carbons (Fsp3) is 0.167. The highest BCUT2D eigenvalue weighted by Gasteiger charge is 2.14. The summed E-state index contributed by atoms with van der Waals surface area (Å²) in [5.41, 5.74) is 0.493. The van der Waals surface area contributed by atoms with E-state index in [1.165, 1.54) is 36.4 Å². The number of ether oxygens (including phenoxy) is 1. The van der Waals surface area contributed by atoms with Gasteiger partial charge in [0.1, 0.15) is 6.54 Å². The molecule has 0 saturated carbocycles. The molecule has 0 aromatic heterocycles. The van der Waals surface area contributed by atoms with E-state index in [1.807, 2.05) is 0 Å². The summed E-state index contributed by atoms with van der Waals surface area (Å²) in [6, 6.07) is 12.1. The van der Waals surface area contributed by atoms with Crippen molar-refractivity contribution in [3.63, 3.8) is 0 Å². The van der Waals surface area contributed by atoms with Crippen molar-refractivity contribution in [1.82, 2.24) is 5.32 Å². The summed E-state index contributed by atoms with van der Waals surface area (Å²) >= 11 is 6.02. The Kier molecular flexibility index (Phi) is 8.21.